The zero-order chi connectivity index (χ0) is 13.8. The lowest BCUT2D eigenvalue weighted by Gasteiger charge is -2.33. The summed E-state index contributed by atoms with van der Waals surface area (Å²) in [4.78, 5) is 2.30. The highest BCUT2D eigenvalue weighted by Crippen LogP contribution is 2.23. The number of nitrogens with zero attached hydrogens (tertiary/aromatic N) is 1. The first-order valence-electron chi connectivity index (χ1n) is 6.06. The van der Waals surface area contributed by atoms with Crippen molar-refractivity contribution in [2.45, 2.75) is 38.5 Å². The van der Waals surface area contributed by atoms with Crippen LogP contribution in [0.2, 0.25) is 0 Å². The van der Waals surface area contributed by atoms with Gasteiger partial charge >= 0.3 is 0 Å². The van der Waals surface area contributed by atoms with Crippen molar-refractivity contribution in [1.29, 1.82) is 0 Å². The number of rotatable bonds is 7. The molecule has 0 fully saturated rings. The zero-order valence-electron chi connectivity index (χ0n) is 11.6. The van der Waals surface area contributed by atoms with E-state index in [0.29, 0.717) is 12.6 Å². The molecule has 18 heavy (non-hydrogen) atoms. The maximum atomic E-state index is 5.89. The summed E-state index contributed by atoms with van der Waals surface area (Å²) >= 11 is 5.21. The summed E-state index contributed by atoms with van der Waals surface area (Å²) < 4.78 is 6.66. The normalized spacial score (nSPS) is 14.2. The van der Waals surface area contributed by atoms with Crippen LogP contribution in [-0.2, 0) is 11.3 Å². The maximum absolute atomic E-state index is 5.89. The first-order chi connectivity index (χ1) is 8.38. The number of thiophene rings is 1. The van der Waals surface area contributed by atoms with Gasteiger partial charge in [0.1, 0.15) is 0 Å². The van der Waals surface area contributed by atoms with Crippen LogP contribution < -0.4 is 5.73 Å². The predicted octanol–water partition coefficient (Wildman–Crippen LogP) is 3.08. The molecular weight excluding hydrogens is 312 g/mol. The molecule has 1 rings (SSSR count). The van der Waals surface area contributed by atoms with Gasteiger partial charge in [-0.2, -0.15) is 0 Å². The minimum atomic E-state index is -0.131. The van der Waals surface area contributed by atoms with Crippen LogP contribution in [0.25, 0.3) is 0 Å². The molecule has 0 aliphatic carbocycles. The van der Waals surface area contributed by atoms with E-state index in [1.54, 1.807) is 18.4 Å². The molecule has 0 aliphatic rings. The molecule has 104 valence electrons. The van der Waals surface area contributed by atoms with E-state index in [1.165, 1.54) is 9.35 Å². The predicted molar refractivity (Wildman–Crippen MR) is 82.0 cm³/mol. The van der Waals surface area contributed by atoms with E-state index in [2.05, 4.69) is 53.2 Å². The van der Waals surface area contributed by atoms with Gasteiger partial charge in [0, 0.05) is 26.2 Å². The van der Waals surface area contributed by atoms with Crippen molar-refractivity contribution in [3.63, 3.8) is 0 Å². The molecule has 5 heteroatoms. The molecular formula is C13H23BrN2OS. The smallest absolute Gasteiger partial charge is 0.0701 e. The molecule has 0 aliphatic heterocycles. The molecule has 0 saturated carbocycles. The fraction of sp³-hybridized carbons (Fsp3) is 0.692. The van der Waals surface area contributed by atoms with Crippen LogP contribution in [0, 0.1) is 0 Å². The number of halogens is 1. The van der Waals surface area contributed by atoms with Crippen LogP contribution in [0.1, 0.15) is 25.8 Å². The van der Waals surface area contributed by atoms with Gasteiger partial charge in [-0.15, -0.1) is 11.3 Å². The lowest BCUT2D eigenvalue weighted by atomic mass is 9.97. The molecule has 0 aromatic carbocycles. The molecule has 1 heterocycles. The highest BCUT2D eigenvalue weighted by atomic mass is 79.9. The van der Waals surface area contributed by atoms with Gasteiger partial charge in [0.05, 0.1) is 9.39 Å². The average molecular weight is 335 g/mol. The van der Waals surface area contributed by atoms with Crippen LogP contribution in [0.15, 0.2) is 15.2 Å². The summed E-state index contributed by atoms with van der Waals surface area (Å²) in [7, 11) is 3.87. The van der Waals surface area contributed by atoms with Crippen molar-refractivity contribution in [2.24, 2.45) is 5.73 Å². The average Bonchev–Trinajstić information content (AvgIpc) is 2.71. The maximum Gasteiger partial charge on any atom is 0.0701 e. The standard InChI is InChI=1S/C13H23BrN2OS/c1-13(2,17-4)6-11(7-15)16(3)8-10-5-12(14)18-9-10/h5,9,11H,6-8,15H2,1-4H3. The molecule has 1 aromatic rings. The Morgan fingerprint density at radius 3 is 2.67 bits per heavy atom. The van der Waals surface area contributed by atoms with Crippen molar-refractivity contribution in [2.75, 3.05) is 20.7 Å². The van der Waals surface area contributed by atoms with Gasteiger partial charge in [-0.25, -0.2) is 0 Å². The summed E-state index contributed by atoms with van der Waals surface area (Å²) in [6, 6.07) is 2.49. The van der Waals surface area contributed by atoms with Gasteiger partial charge in [0.15, 0.2) is 0 Å². The summed E-state index contributed by atoms with van der Waals surface area (Å²) in [5, 5.41) is 2.18. The van der Waals surface area contributed by atoms with Gasteiger partial charge < -0.3 is 10.5 Å². The summed E-state index contributed by atoms with van der Waals surface area (Å²) in [6.07, 6.45) is 0.932. The molecule has 0 spiro atoms. The van der Waals surface area contributed by atoms with E-state index in [-0.39, 0.29) is 5.60 Å². The SMILES string of the molecule is COC(C)(C)CC(CN)N(C)Cc1csc(Br)c1. The Balaban J connectivity index is 2.59. The molecule has 0 radical (unpaired) electrons. The lowest BCUT2D eigenvalue weighted by molar-refractivity contribution is -0.00537. The second-order valence-corrected chi connectivity index (χ2v) is 7.52. The molecule has 0 bridgehead atoms. The third-order valence-corrected chi connectivity index (χ3v) is 4.78. The van der Waals surface area contributed by atoms with Crippen molar-refractivity contribution in [3.05, 3.63) is 20.8 Å². The minimum absolute atomic E-state index is 0.131. The highest BCUT2D eigenvalue weighted by Gasteiger charge is 2.24. The van der Waals surface area contributed by atoms with E-state index < -0.39 is 0 Å². The van der Waals surface area contributed by atoms with E-state index in [0.717, 1.165) is 13.0 Å². The van der Waals surface area contributed by atoms with Crippen LogP contribution in [-0.4, -0.2) is 37.2 Å². The van der Waals surface area contributed by atoms with Crippen LogP contribution >= 0.6 is 27.3 Å². The van der Waals surface area contributed by atoms with Crippen LogP contribution in [0.3, 0.4) is 0 Å². The van der Waals surface area contributed by atoms with Gasteiger partial charge in [-0.05, 0) is 60.3 Å². The third kappa shape index (κ3) is 4.97. The fourth-order valence-electron chi connectivity index (χ4n) is 1.92. The van der Waals surface area contributed by atoms with Crippen molar-refractivity contribution in [1.82, 2.24) is 4.90 Å². The first kappa shape index (κ1) is 16.1. The number of ether oxygens (including phenoxy) is 1. The first-order valence-corrected chi connectivity index (χ1v) is 7.73. The monoisotopic (exact) mass is 334 g/mol. The second-order valence-electron chi connectivity index (χ2n) is 5.23. The quantitative estimate of drug-likeness (QED) is 0.832. The molecule has 3 nitrogen and oxygen atoms in total. The number of hydrogen-bond donors (Lipinski definition) is 1. The number of likely N-dealkylation sites (N-methyl/N-ethyl adjacent to an activating group) is 1. The van der Waals surface area contributed by atoms with Gasteiger partial charge in [-0.3, -0.25) is 4.90 Å². The topological polar surface area (TPSA) is 38.5 Å². The van der Waals surface area contributed by atoms with Crippen molar-refractivity contribution >= 4 is 27.3 Å². The Bertz CT molecular complexity index is 368. The summed E-state index contributed by atoms with van der Waals surface area (Å²) in [6.45, 7) is 5.77. The second kappa shape index (κ2) is 7.01. The van der Waals surface area contributed by atoms with Gasteiger partial charge in [-0.1, -0.05) is 0 Å². The fourth-order valence-corrected chi connectivity index (χ4v) is 3.12. The zero-order valence-corrected chi connectivity index (χ0v) is 14.0. The molecule has 1 unspecified atom stereocenters. The van der Waals surface area contributed by atoms with E-state index in [9.17, 15) is 0 Å². The Morgan fingerprint density at radius 1 is 1.56 bits per heavy atom. The Morgan fingerprint density at radius 2 is 2.22 bits per heavy atom. The lowest BCUT2D eigenvalue weighted by Crippen LogP contribution is -2.43. The van der Waals surface area contributed by atoms with Crippen molar-refractivity contribution < 1.29 is 4.74 Å². The molecule has 1 atom stereocenters. The number of nitrogens with two attached hydrogens (primary N) is 1. The van der Waals surface area contributed by atoms with E-state index in [1.807, 2.05) is 0 Å². The Kier molecular flexibility index (Phi) is 6.27. The molecule has 0 amide bonds. The van der Waals surface area contributed by atoms with E-state index in [4.69, 9.17) is 10.5 Å². The third-order valence-electron chi connectivity index (χ3n) is 3.23. The van der Waals surface area contributed by atoms with E-state index >= 15 is 0 Å². The van der Waals surface area contributed by atoms with Crippen LogP contribution in [0.4, 0.5) is 0 Å². The molecule has 0 saturated heterocycles. The minimum Gasteiger partial charge on any atom is -0.379 e. The molecule has 1 aromatic heterocycles. The Hall–Kier alpha value is 0.0600. The van der Waals surface area contributed by atoms with Gasteiger partial charge in [0.25, 0.3) is 0 Å². The Labute approximate surface area is 122 Å². The highest BCUT2D eigenvalue weighted by molar-refractivity contribution is 9.11. The van der Waals surface area contributed by atoms with Crippen LogP contribution in [0.5, 0.6) is 0 Å². The summed E-state index contributed by atoms with van der Waals surface area (Å²) in [5.74, 6) is 0. The number of methoxy groups -OCH3 is 1. The van der Waals surface area contributed by atoms with Crippen molar-refractivity contribution in [3.8, 4) is 0 Å². The van der Waals surface area contributed by atoms with Gasteiger partial charge in [0.2, 0.25) is 0 Å². The molecule has 2 N–H and O–H groups in total. The number of hydrogen-bond acceptors (Lipinski definition) is 4. The summed E-state index contributed by atoms with van der Waals surface area (Å²) in [5.41, 5.74) is 7.08. The largest absolute Gasteiger partial charge is 0.379 e.